The minimum absolute atomic E-state index is 0.0437. The molecule has 0 spiro atoms. The zero-order valence-corrected chi connectivity index (χ0v) is 12.8. The van der Waals surface area contributed by atoms with Gasteiger partial charge >= 0.3 is 0 Å². The van der Waals surface area contributed by atoms with Crippen molar-refractivity contribution in [1.82, 2.24) is 9.97 Å². The molecule has 3 aromatic rings. The van der Waals surface area contributed by atoms with E-state index in [1.165, 1.54) is 24.5 Å². The van der Waals surface area contributed by atoms with E-state index in [1.54, 1.807) is 5.48 Å². The minimum atomic E-state index is -0.742. The number of anilines is 3. The molecule has 0 bridgehead atoms. The van der Waals surface area contributed by atoms with Crippen molar-refractivity contribution in [1.29, 1.82) is 0 Å². The number of benzene rings is 2. The summed E-state index contributed by atoms with van der Waals surface area (Å²) in [4.78, 5) is 7.94. The lowest BCUT2D eigenvalue weighted by atomic mass is 10.2. The summed E-state index contributed by atoms with van der Waals surface area (Å²) in [7, 11) is 0. The van der Waals surface area contributed by atoms with Crippen LogP contribution in [-0.2, 0) is 0 Å². The summed E-state index contributed by atoms with van der Waals surface area (Å²) in [5, 5.41) is 11.9. The molecule has 0 saturated heterocycles. The first kappa shape index (κ1) is 15.7. The Morgan fingerprint density at radius 3 is 2.57 bits per heavy atom. The molecule has 1 heterocycles. The predicted octanol–water partition coefficient (Wildman–Crippen LogP) is 4.76. The molecule has 0 saturated carbocycles. The highest BCUT2D eigenvalue weighted by atomic mass is 35.5. The lowest BCUT2D eigenvalue weighted by Crippen LogP contribution is -2.00. The van der Waals surface area contributed by atoms with Crippen LogP contribution in [0.15, 0.2) is 30.6 Å². The second kappa shape index (κ2) is 6.11. The number of rotatable bonds is 3. The van der Waals surface area contributed by atoms with Crippen molar-refractivity contribution in [3.05, 3.63) is 52.3 Å². The van der Waals surface area contributed by atoms with E-state index in [0.29, 0.717) is 5.39 Å². The van der Waals surface area contributed by atoms with Gasteiger partial charge in [0.15, 0.2) is 11.6 Å². The van der Waals surface area contributed by atoms with E-state index in [1.807, 2.05) is 0 Å². The number of halogens is 4. The maximum atomic E-state index is 14.1. The van der Waals surface area contributed by atoms with Crippen LogP contribution in [0.4, 0.5) is 26.0 Å². The van der Waals surface area contributed by atoms with Crippen LogP contribution in [0, 0.1) is 11.6 Å². The predicted molar refractivity (Wildman–Crippen MR) is 84.6 cm³/mol. The van der Waals surface area contributed by atoms with Crippen molar-refractivity contribution in [2.75, 3.05) is 10.8 Å². The van der Waals surface area contributed by atoms with Gasteiger partial charge in [-0.1, -0.05) is 23.2 Å². The summed E-state index contributed by atoms with van der Waals surface area (Å²) < 4.78 is 27.8. The Balaban J connectivity index is 2.12. The number of aromatic nitrogens is 2. The SMILES string of the molecule is ONc1cc2c(Nc3ccc(Cl)c(Cl)c3F)ncnc2cc1F. The Kier molecular flexibility index (Phi) is 4.16. The Morgan fingerprint density at radius 2 is 1.83 bits per heavy atom. The van der Waals surface area contributed by atoms with Gasteiger partial charge in [0.05, 0.1) is 26.9 Å². The molecule has 2 aromatic carbocycles. The zero-order valence-electron chi connectivity index (χ0n) is 11.2. The summed E-state index contributed by atoms with van der Waals surface area (Å²) in [5.74, 6) is -1.22. The lowest BCUT2D eigenvalue weighted by molar-refractivity contribution is 0.384. The number of hydrogen-bond donors (Lipinski definition) is 3. The molecule has 3 rings (SSSR count). The van der Waals surface area contributed by atoms with Crippen molar-refractivity contribution >= 4 is 51.3 Å². The van der Waals surface area contributed by atoms with E-state index in [4.69, 9.17) is 28.4 Å². The zero-order chi connectivity index (χ0) is 16.6. The molecule has 23 heavy (non-hydrogen) atoms. The van der Waals surface area contributed by atoms with Gasteiger partial charge in [-0.15, -0.1) is 0 Å². The van der Waals surface area contributed by atoms with Crippen LogP contribution in [0.2, 0.25) is 10.0 Å². The Labute approximate surface area is 138 Å². The van der Waals surface area contributed by atoms with Crippen LogP contribution in [0.5, 0.6) is 0 Å². The number of nitrogens with one attached hydrogen (secondary N) is 2. The van der Waals surface area contributed by atoms with Gasteiger partial charge in [-0.05, 0) is 18.2 Å². The Bertz CT molecular complexity index is 908. The minimum Gasteiger partial charge on any atom is -0.337 e. The molecular formula is C14H8Cl2F2N4O. The first-order valence-corrected chi connectivity index (χ1v) is 7.01. The first-order valence-electron chi connectivity index (χ1n) is 6.26. The highest BCUT2D eigenvalue weighted by molar-refractivity contribution is 6.42. The summed E-state index contributed by atoms with van der Waals surface area (Å²) in [6, 6.07) is 5.24. The van der Waals surface area contributed by atoms with Crippen LogP contribution in [-0.4, -0.2) is 15.2 Å². The van der Waals surface area contributed by atoms with Crippen molar-refractivity contribution < 1.29 is 14.0 Å². The summed E-state index contributed by atoms with van der Waals surface area (Å²) in [5.41, 5.74) is 1.89. The largest absolute Gasteiger partial charge is 0.337 e. The number of fused-ring (bicyclic) bond motifs is 1. The fraction of sp³-hybridized carbons (Fsp3) is 0. The van der Waals surface area contributed by atoms with Crippen LogP contribution in [0.3, 0.4) is 0 Å². The second-order valence-corrected chi connectivity index (χ2v) is 5.32. The third-order valence-electron chi connectivity index (χ3n) is 3.13. The maximum Gasteiger partial charge on any atom is 0.166 e. The molecule has 3 N–H and O–H groups in total. The van der Waals surface area contributed by atoms with Crippen molar-refractivity contribution in [2.45, 2.75) is 0 Å². The van der Waals surface area contributed by atoms with Crippen LogP contribution in [0.25, 0.3) is 10.9 Å². The topological polar surface area (TPSA) is 70.1 Å². The highest BCUT2D eigenvalue weighted by Gasteiger charge is 2.14. The molecule has 0 radical (unpaired) electrons. The molecule has 0 aliphatic rings. The summed E-state index contributed by atoms with van der Waals surface area (Å²) >= 11 is 11.5. The molecule has 0 aliphatic carbocycles. The third kappa shape index (κ3) is 2.86. The lowest BCUT2D eigenvalue weighted by Gasteiger charge is -2.11. The van der Waals surface area contributed by atoms with Crippen molar-refractivity contribution in [3.8, 4) is 0 Å². The van der Waals surface area contributed by atoms with Crippen LogP contribution < -0.4 is 10.8 Å². The fourth-order valence-corrected chi connectivity index (χ4v) is 2.32. The van der Waals surface area contributed by atoms with Crippen LogP contribution >= 0.6 is 23.2 Å². The molecule has 5 nitrogen and oxygen atoms in total. The van der Waals surface area contributed by atoms with E-state index in [0.717, 1.165) is 6.07 Å². The quantitative estimate of drug-likeness (QED) is 0.466. The summed E-state index contributed by atoms with van der Waals surface area (Å²) in [6.45, 7) is 0. The molecule has 0 fully saturated rings. The molecule has 0 atom stereocenters. The van der Waals surface area contributed by atoms with E-state index in [2.05, 4.69) is 15.3 Å². The van der Waals surface area contributed by atoms with Gasteiger partial charge in [0.25, 0.3) is 0 Å². The average molecular weight is 357 g/mol. The van der Waals surface area contributed by atoms with E-state index >= 15 is 0 Å². The fourth-order valence-electron chi connectivity index (χ4n) is 2.01. The van der Waals surface area contributed by atoms with Crippen molar-refractivity contribution in [3.63, 3.8) is 0 Å². The molecule has 9 heteroatoms. The maximum absolute atomic E-state index is 14.1. The van der Waals surface area contributed by atoms with Gasteiger partial charge in [-0.25, -0.2) is 18.7 Å². The van der Waals surface area contributed by atoms with E-state index in [9.17, 15) is 8.78 Å². The Morgan fingerprint density at radius 1 is 1.04 bits per heavy atom. The molecule has 118 valence electrons. The van der Waals surface area contributed by atoms with Gasteiger partial charge in [0.2, 0.25) is 0 Å². The third-order valence-corrected chi connectivity index (χ3v) is 3.91. The standard InChI is InChI=1S/C14H8Cl2F2N4O/c15-7-1-2-9(13(18)12(7)16)21-14-6-3-11(22-23)8(17)4-10(6)19-5-20-14/h1-5,22-23H,(H,19,20,21). The van der Waals surface area contributed by atoms with Gasteiger partial charge in [-0.2, -0.15) is 0 Å². The van der Waals surface area contributed by atoms with Gasteiger partial charge in [-0.3, -0.25) is 10.7 Å². The molecule has 0 aliphatic heterocycles. The van der Waals surface area contributed by atoms with Crippen LogP contribution in [0.1, 0.15) is 0 Å². The number of nitrogens with zero attached hydrogens (tertiary/aromatic N) is 2. The smallest absolute Gasteiger partial charge is 0.166 e. The first-order chi connectivity index (χ1) is 11.0. The molecular weight excluding hydrogens is 349 g/mol. The Hall–Kier alpha value is -2.22. The highest BCUT2D eigenvalue weighted by Crippen LogP contribution is 2.33. The average Bonchev–Trinajstić information content (AvgIpc) is 2.55. The van der Waals surface area contributed by atoms with Gasteiger partial charge in [0.1, 0.15) is 12.1 Å². The molecule has 1 aromatic heterocycles. The molecule has 0 amide bonds. The van der Waals surface area contributed by atoms with Gasteiger partial charge < -0.3 is 5.32 Å². The van der Waals surface area contributed by atoms with Gasteiger partial charge in [0, 0.05) is 11.5 Å². The van der Waals surface area contributed by atoms with E-state index in [-0.39, 0.29) is 32.8 Å². The molecule has 0 unspecified atom stereocenters. The normalized spacial score (nSPS) is 10.8. The monoisotopic (exact) mass is 356 g/mol. The number of hydrogen-bond acceptors (Lipinski definition) is 5. The van der Waals surface area contributed by atoms with E-state index < -0.39 is 11.6 Å². The van der Waals surface area contributed by atoms with Crippen molar-refractivity contribution in [2.24, 2.45) is 0 Å². The summed E-state index contributed by atoms with van der Waals surface area (Å²) in [6.07, 6.45) is 1.20. The second-order valence-electron chi connectivity index (χ2n) is 4.53.